The molecular weight excluding hydrogens is 634 g/mol. The van der Waals surface area contributed by atoms with Gasteiger partial charge in [0.15, 0.2) is 11.5 Å². The maximum Gasteiger partial charge on any atom is 0.264 e. The summed E-state index contributed by atoms with van der Waals surface area (Å²) in [5, 5.41) is 2.89. The normalized spacial score (nSPS) is 12.0. The third-order valence-electron chi connectivity index (χ3n) is 6.81. The van der Waals surface area contributed by atoms with Crippen molar-refractivity contribution in [3.63, 3.8) is 0 Å². The lowest BCUT2D eigenvalue weighted by molar-refractivity contribution is -0.139. The molecule has 2 amide bonds. The van der Waals surface area contributed by atoms with Crippen LogP contribution in [0.4, 0.5) is 5.69 Å². The zero-order valence-corrected chi connectivity index (χ0v) is 28.1. The van der Waals surface area contributed by atoms with Gasteiger partial charge in [0.05, 0.1) is 24.8 Å². The summed E-state index contributed by atoms with van der Waals surface area (Å²) >= 11 is 3.46. The van der Waals surface area contributed by atoms with Gasteiger partial charge in [-0.15, -0.1) is 0 Å². The highest BCUT2D eigenvalue weighted by atomic mass is 79.9. The van der Waals surface area contributed by atoms with E-state index in [1.165, 1.54) is 37.3 Å². The first-order valence-corrected chi connectivity index (χ1v) is 16.1. The van der Waals surface area contributed by atoms with Gasteiger partial charge in [0, 0.05) is 23.6 Å². The van der Waals surface area contributed by atoms with Gasteiger partial charge >= 0.3 is 0 Å². The number of hydrogen-bond donors (Lipinski definition) is 1. The van der Waals surface area contributed by atoms with Crippen molar-refractivity contribution in [3.05, 3.63) is 81.8 Å². The summed E-state index contributed by atoms with van der Waals surface area (Å²) in [5.41, 5.74) is 2.79. The van der Waals surface area contributed by atoms with Crippen LogP contribution in [0.2, 0.25) is 0 Å². The van der Waals surface area contributed by atoms with E-state index in [-0.39, 0.29) is 29.0 Å². The number of rotatable bonds is 13. The van der Waals surface area contributed by atoms with E-state index in [2.05, 4.69) is 21.2 Å². The highest BCUT2D eigenvalue weighted by molar-refractivity contribution is 9.10. The van der Waals surface area contributed by atoms with E-state index in [0.717, 1.165) is 25.5 Å². The summed E-state index contributed by atoms with van der Waals surface area (Å²) < 4.78 is 41.0. The smallest absolute Gasteiger partial charge is 0.264 e. The quantitative estimate of drug-likeness (QED) is 0.258. The Morgan fingerprint density at radius 1 is 0.907 bits per heavy atom. The molecule has 1 N–H and O–H groups in total. The molecule has 0 radical (unpaired) electrons. The maximum absolute atomic E-state index is 14.2. The molecule has 0 bridgehead atoms. The second-order valence-electron chi connectivity index (χ2n) is 10.8. The first-order valence-electron chi connectivity index (χ1n) is 13.9. The number of halogens is 1. The van der Waals surface area contributed by atoms with Gasteiger partial charge < -0.3 is 19.7 Å². The number of carbonyl (C=O) groups excluding carboxylic acids is 2. The number of nitrogens with one attached hydrogen (secondary N) is 1. The molecular formula is C32H40BrN3O6S. The predicted molar refractivity (Wildman–Crippen MR) is 172 cm³/mol. The van der Waals surface area contributed by atoms with Crippen LogP contribution in [0.5, 0.6) is 11.5 Å². The van der Waals surface area contributed by atoms with Gasteiger partial charge in [0.2, 0.25) is 11.8 Å². The molecule has 0 aliphatic heterocycles. The molecule has 0 heterocycles. The standard InChI is InChI=1S/C32H40BrN3O6S/c1-21(2)18-34-32(38)24(5)35(19-25-9-8-10-26(33)16-25)31(37)20-36(27-14-22(3)13-23(4)15-27)43(39,40)28-11-12-29(41-6)30(17-28)42-7/h8-17,21,24H,18-20H2,1-7H3,(H,34,38)/t24-/m1/s1. The fourth-order valence-corrected chi connectivity index (χ4v) is 6.46. The van der Waals surface area contributed by atoms with Gasteiger partial charge in [-0.05, 0) is 79.8 Å². The van der Waals surface area contributed by atoms with Crippen LogP contribution in [0.3, 0.4) is 0 Å². The molecule has 0 saturated carbocycles. The summed E-state index contributed by atoms with van der Waals surface area (Å²) in [6, 6.07) is 16.2. The summed E-state index contributed by atoms with van der Waals surface area (Å²) in [6.45, 7) is 9.35. The Balaban J connectivity index is 2.09. The van der Waals surface area contributed by atoms with Crippen molar-refractivity contribution in [1.82, 2.24) is 10.2 Å². The number of aryl methyl sites for hydroxylation is 2. The first-order chi connectivity index (χ1) is 20.3. The number of benzene rings is 3. The van der Waals surface area contributed by atoms with Crippen LogP contribution in [-0.2, 0) is 26.2 Å². The van der Waals surface area contributed by atoms with E-state index in [1.807, 2.05) is 58.0 Å². The fraction of sp³-hybridized carbons (Fsp3) is 0.375. The molecule has 1 atom stereocenters. The Labute approximate surface area is 263 Å². The number of carbonyl (C=O) groups is 2. The SMILES string of the molecule is COc1ccc(S(=O)(=O)N(CC(=O)N(Cc2cccc(Br)c2)[C@H](C)C(=O)NCC(C)C)c2cc(C)cc(C)c2)cc1OC. The molecule has 0 unspecified atom stereocenters. The lowest BCUT2D eigenvalue weighted by Gasteiger charge is -2.32. The molecule has 43 heavy (non-hydrogen) atoms. The van der Waals surface area contributed by atoms with Crippen LogP contribution in [0.1, 0.15) is 37.5 Å². The summed E-state index contributed by atoms with van der Waals surface area (Å²) in [5.74, 6) is -0.0240. The van der Waals surface area contributed by atoms with Crippen LogP contribution < -0.4 is 19.1 Å². The summed E-state index contributed by atoms with van der Waals surface area (Å²) in [6.07, 6.45) is 0. The molecule has 3 aromatic carbocycles. The molecule has 0 saturated heterocycles. The maximum atomic E-state index is 14.2. The molecule has 0 fully saturated rings. The molecule has 11 heteroatoms. The lowest BCUT2D eigenvalue weighted by Crippen LogP contribution is -2.51. The largest absolute Gasteiger partial charge is 0.493 e. The zero-order valence-electron chi connectivity index (χ0n) is 25.7. The van der Waals surface area contributed by atoms with Crippen molar-refractivity contribution in [2.45, 2.75) is 52.1 Å². The van der Waals surface area contributed by atoms with E-state index in [1.54, 1.807) is 19.1 Å². The van der Waals surface area contributed by atoms with E-state index < -0.39 is 28.5 Å². The Morgan fingerprint density at radius 3 is 2.14 bits per heavy atom. The predicted octanol–water partition coefficient (Wildman–Crippen LogP) is 5.47. The molecule has 232 valence electrons. The molecule has 9 nitrogen and oxygen atoms in total. The van der Waals surface area contributed by atoms with Crippen molar-refractivity contribution in [2.24, 2.45) is 5.92 Å². The van der Waals surface area contributed by atoms with Gasteiger partial charge in [-0.2, -0.15) is 0 Å². The number of amides is 2. The molecule has 3 aromatic rings. The molecule has 3 rings (SSSR count). The number of anilines is 1. The third kappa shape index (κ3) is 8.73. The van der Waals surface area contributed by atoms with Crippen LogP contribution in [0.25, 0.3) is 0 Å². The Morgan fingerprint density at radius 2 is 1.56 bits per heavy atom. The van der Waals surface area contributed by atoms with Crippen LogP contribution >= 0.6 is 15.9 Å². The average Bonchev–Trinajstić information content (AvgIpc) is 2.95. The van der Waals surface area contributed by atoms with Gasteiger partial charge in [0.1, 0.15) is 12.6 Å². The number of methoxy groups -OCH3 is 2. The second kappa shape index (κ2) is 14.7. The topological polar surface area (TPSA) is 105 Å². The van der Waals surface area contributed by atoms with E-state index >= 15 is 0 Å². The minimum atomic E-state index is -4.28. The van der Waals surface area contributed by atoms with Gasteiger partial charge in [0.25, 0.3) is 10.0 Å². The second-order valence-corrected chi connectivity index (χ2v) is 13.6. The lowest BCUT2D eigenvalue weighted by atomic mass is 10.1. The van der Waals surface area contributed by atoms with E-state index in [4.69, 9.17) is 9.47 Å². The van der Waals surface area contributed by atoms with Crippen molar-refractivity contribution in [1.29, 1.82) is 0 Å². The Kier molecular flexibility index (Phi) is 11.6. The highest BCUT2D eigenvalue weighted by Crippen LogP contribution is 2.33. The molecule has 0 spiro atoms. The van der Waals surface area contributed by atoms with Gasteiger partial charge in [-0.25, -0.2) is 8.42 Å². The Hall–Kier alpha value is -3.57. The number of nitrogens with zero attached hydrogens (tertiary/aromatic N) is 2. The minimum Gasteiger partial charge on any atom is -0.493 e. The monoisotopic (exact) mass is 673 g/mol. The van der Waals surface area contributed by atoms with Crippen molar-refractivity contribution >= 4 is 43.5 Å². The van der Waals surface area contributed by atoms with Crippen LogP contribution in [-0.4, -0.2) is 58.5 Å². The number of hydrogen-bond acceptors (Lipinski definition) is 6. The summed E-state index contributed by atoms with van der Waals surface area (Å²) in [7, 11) is -1.39. The minimum absolute atomic E-state index is 0.0709. The van der Waals surface area contributed by atoms with E-state index in [0.29, 0.717) is 18.0 Å². The fourth-order valence-electron chi connectivity index (χ4n) is 4.59. The first kappa shape index (κ1) is 33.9. The van der Waals surface area contributed by atoms with Crippen LogP contribution in [0.15, 0.2) is 70.0 Å². The van der Waals surface area contributed by atoms with Crippen molar-refractivity contribution in [2.75, 3.05) is 31.6 Å². The Bertz CT molecular complexity index is 1540. The zero-order chi connectivity index (χ0) is 31.9. The molecule has 0 aliphatic carbocycles. The summed E-state index contributed by atoms with van der Waals surface area (Å²) in [4.78, 5) is 28.7. The number of sulfonamides is 1. The van der Waals surface area contributed by atoms with Crippen molar-refractivity contribution < 1.29 is 27.5 Å². The van der Waals surface area contributed by atoms with Crippen LogP contribution in [0, 0.1) is 19.8 Å². The van der Waals surface area contributed by atoms with E-state index in [9.17, 15) is 18.0 Å². The average molecular weight is 675 g/mol. The van der Waals surface area contributed by atoms with Gasteiger partial charge in [-0.3, -0.25) is 13.9 Å². The number of ether oxygens (including phenoxy) is 2. The molecule has 0 aliphatic rings. The van der Waals surface area contributed by atoms with Crippen molar-refractivity contribution in [3.8, 4) is 11.5 Å². The highest BCUT2D eigenvalue weighted by Gasteiger charge is 2.33. The van der Waals surface area contributed by atoms with Gasteiger partial charge in [-0.1, -0.05) is 48.0 Å². The third-order valence-corrected chi connectivity index (χ3v) is 9.07. The molecule has 0 aromatic heterocycles.